The fraction of sp³-hybridized carbons (Fsp3) is 0.167. The number of hydrogen-bond acceptors (Lipinski definition) is 5. The molecule has 0 amide bonds. The van der Waals surface area contributed by atoms with Gasteiger partial charge >= 0.3 is 5.97 Å². The van der Waals surface area contributed by atoms with Gasteiger partial charge in [-0.15, -0.1) is 0 Å². The first-order valence-corrected chi connectivity index (χ1v) is 12.7. The minimum absolute atomic E-state index is 0.0159. The van der Waals surface area contributed by atoms with Gasteiger partial charge in [-0.2, -0.15) is 0 Å². The van der Waals surface area contributed by atoms with Gasteiger partial charge in [0.05, 0.1) is 21.8 Å². The summed E-state index contributed by atoms with van der Waals surface area (Å²) in [7, 11) is -4.05. The Morgan fingerprint density at radius 2 is 1.91 bits per heavy atom. The number of aryl methyl sites for hydroxylation is 1. The van der Waals surface area contributed by atoms with Gasteiger partial charge in [-0.05, 0) is 84.7 Å². The topological polar surface area (TPSA) is 101 Å². The Balaban J connectivity index is 1.63. The number of rotatable bonds is 7. The fourth-order valence-electron chi connectivity index (χ4n) is 3.91. The summed E-state index contributed by atoms with van der Waals surface area (Å²) in [6.45, 7) is 1.97. The van der Waals surface area contributed by atoms with E-state index in [1.54, 1.807) is 18.3 Å². The van der Waals surface area contributed by atoms with E-state index in [1.807, 2.05) is 48.1 Å². The Hall–Kier alpha value is -3.43. The van der Waals surface area contributed by atoms with Crippen LogP contribution in [-0.2, 0) is 10.0 Å². The molecule has 0 saturated heterocycles. The van der Waals surface area contributed by atoms with Crippen molar-refractivity contribution >= 4 is 33.2 Å². The van der Waals surface area contributed by atoms with Crippen LogP contribution >= 0.6 is 11.5 Å². The van der Waals surface area contributed by atoms with E-state index in [4.69, 9.17) is 0 Å². The molecule has 33 heavy (non-hydrogen) atoms. The summed E-state index contributed by atoms with van der Waals surface area (Å²) < 4.78 is 36.0. The third-order valence-electron chi connectivity index (χ3n) is 5.75. The first-order valence-electron chi connectivity index (χ1n) is 10.4. The van der Waals surface area contributed by atoms with E-state index in [0.29, 0.717) is 16.9 Å². The predicted molar refractivity (Wildman–Crippen MR) is 128 cm³/mol. The summed E-state index contributed by atoms with van der Waals surface area (Å²) >= 11 is 1.38. The lowest BCUT2D eigenvalue weighted by molar-refractivity contribution is 0.0696. The van der Waals surface area contributed by atoms with Crippen LogP contribution in [0.4, 0.5) is 5.69 Å². The SMILES string of the molecule is Cc1sncc1-c1ccc(-n2cccc2)c(NS(=O)(=O)c2cc(C(=O)O)ccc2C2CC2)c1. The molecule has 0 spiro atoms. The first kappa shape index (κ1) is 21.4. The molecule has 2 aromatic heterocycles. The monoisotopic (exact) mass is 479 g/mol. The van der Waals surface area contributed by atoms with Crippen molar-refractivity contribution in [3.8, 4) is 16.8 Å². The van der Waals surface area contributed by atoms with E-state index < -0.39 is 16.0 Å². The normalized spacial score (nSPS) is 13.7. The van der Waals surface area contributed by atoms with Gasteiger partial charge in [-0.3, -0.25) is 4.72 Å². The maximum absolute atomic E-state index is 13.6. The van der Waals surface area contributed by atoms with E-state index in [9.17, 15) is 18.3 Å². The number of carboxylic acids is 1. The second-order valence-corrected chi connectivity index (χ2v) is 10.7. The molecular formula is C24H21N3O4S2. The van der Waals surface area contributed by atoms with Gasteiger partial charge < -0.3 is 9.67 Å². The molecule has 2 aromatic carbocycles. The number of anilines is 1. The Morgan fingerprint density at radius 1 is 1.15 bits per heavy atom. The summed E-state index contributed by atoms with van der Waals surface area (Å²) in [6, 6.07) is 13.7. The minimum Gasteiger partial charge on any atom is -0.478 e. The average Bonchev–Trinajstić information content (AvgIpc) is 3.31. The molecule has 5 rings (SSSR count). The van der Waals surface area contributed by atoms with Crippen LogP contribution < -0.4 is 4.72 Å². The Labute approximate surface area is 195 Å². The van der Waals surface area contributed by atoms with Crippen molar-refractivity contribution in [2.24, 2.45) is 0 Å². The third kappa shape index (κ3) is 4.17. The van der Waals surface area contributed by atoms with Crippen LogP contribution in [0, 0.1) is 6.92 Å². The van der Waals surface area contributed by atoms with Gasteiger partial charge in [0.2, 0.25) is 0 Å². The van der Waals surface area contributed by atoms with Gasteiger partial charge in [-0.1, -0.05) is 12.1 Å². The highest BCUT2D eigenvalue weighted by molar-refractivity contribution is 7.92. The molecule has 2 heterocycles. The van der Waals surface area contributed by atoms with E-state index >= 15 is 0 Å². The van der Waals surface area contributed by atoms with Crippen molar-refractivity contribution in [1.82, 2.24) is 8.94 Å². The molecule has 1 fully saturated rings. The number of benzene rings is 2. The summed E-state index contributed by atoms with van der Waals surface area (Å²) in [5.74, 6) is -1.03. The maximum Gasteiger partial charge on any atom is 0.335 e. The molecule has 0 radical (unpaired) electrons. The zero-order valence-electron chi connectivity index (χ0n) is 17.7. The van der Waals surface area contributed by atoms with Crippen LogP contribution in [0.2, 0.25) is 0 Å². The molecule has 0 aliphatic heterocycles. The van der Waals surface area contributed by atoms with Crippen LogP contribution in [0.3, 0.4) is 0 Å². The number of aromatic carboxylic acids is 1. The highest BCUT2D eigenvalue weighted by atomic mass is 32.2. The zero-order valence-corrected chi connectivity index (χ0v) is 19.4. The highest BCUT2D eigenvalue weighted by Crippen LogP contribution is 2.43. The van der Waals surface area contributed by atoms with Gasteiger partial charge in [0.15, 0.2) is 0 Å². The second kappa shape index (κ2) is 8.17. The summed E-state index contributed by atoms with van der Waals surface area (Å²) in [5.41, 5.74) is 3.44. The van der Waals surface area contributed by atoms with Gasteiger partial charge in [-0.25, -0.2) is 17.6 Å². The summed E-state index contributed by atoms with van der Waals surface area (Å²) in [6.07, 6.45) is 7.23. The molecule has 1 aliphatic carbocycles. The third-order valence-corrected chi connectivity index (χ3v) is 7.88. The van der Waals surface area contributed by atoms with Gasteiger partial charge in [0.25, 0.3) is 10.0 Å². The van der Waals surface area contributed by atoms with E-state index in [2.05, 4.69) is 9.10 Å². The molecule has 1 saturated carbocycles. The van der Waals surface area contributed by atoms with Crippen molar-refractivity contribution in [3.05, 3.63) is 83.1 Å². The van der Waals surface area contributed by atoms with Crippen LogP contribution in [0.25, 0.3) is 16.8 Å². The number of aromatic nitrogens is 2. The van der Waals surface area contributed by atoms with Crippen molar-refractivity contribution in [3.63, 3.8) is 0 Å². The smallest absolute Gasteiger partial charge is 0.335 e. The zero-order chi connectivity index (χ0) is 23.2. The molecule has 1 aliphatic rings. The standard InChI is InChI=1S/C24H21N3O4S2/c1-15-20(14-25-32-15)17-7-9-22(27-10-2-3-11-27)21(12-17)26-33(30,31)23-13-18(24(28)29)6-8-19(23)16-4-5-16/h2-3,6-14,16,26H,4-5H2,1H3,(H,28,29). The van der Waals surface area contributed by atoms with Crippen LogP contribution in [-0.4, -0.2) is 28.4 Å². The number of nitrogens with zero attached hydrogens (tertiary/aromatic N) is 2. The average molecular weight is 480 g/mol. The highest BCUT2D eigenvalue weighted by Gasteiger charge is 2.31. The largest absolute Gasteiger partial charge is 0.478 e. The van der Waals surface area contributed by atoms with Crippen molar-refractivity contribution < 1.29 is 18.3 Å². The molecule has 168 valence electrons. The van der Waals surface area contributed by atoms with Crippen LogP contribution in [0.5, 0.6) is 0 Å². The minimum atomic E-state index is -4.05. The lowest BCUT2D eigenvalue weighted by Gasteiger charge is -2.17. The Kier molecular flexibility index (Phi) is 5.30. The van der Waals surface area contributed by atoms with Crippen molar-refractivity contribution in [1.29, 1.82) is 0 Å². The van der Waals surface area contributed by atoms with Gasteiger partial charge in [0.1, 0.15) is 0 Å². The maximum atomic E-state index is 13.6. The number of carboxylic acid groups (broad SMARTS) is 1. The van der Waals surface area contributed by atoms with E-state index in [1.165, 1.54) is 23.7 Å². The van der Waals surface area contributed by atoms with E-state index in [-0.39, 0.29) is 16.4 Å². The second-order valence-electron chi connectivity index (χ2n) is 8.06. The van der Waals surface area contributed by atoms with E-state index in [0.717, 1.165) is 28.8 Å². The number of carbonyl (C=O) groups is 1. The fourth-order valence-corrected chi connectivity index (χ4v) is 5.89. The van der Waals surface area contributed by atoms with Crippen LogP contribution in [0.15, 0.2) is 72.0 Å². The Morgan fingerprint density at radius 3 is 2.55 bits per heavy atom. The molecule has 0 atom stereocenters. The molecular weight excluding hydrogens is 458 g/mol. The number of hydrogen-bond donors (Lipinski definition) is 2. The molecule has 4 aromatic rings. The molecule has 9 heteroatoms. The number of nitrogens with one attached hydrogen (secondary N) is 1. The Bertz CT molecular complexity index is 1450. The van der Waals surface area contributed by atoms with Crippen LogP contribution in [0.1, 0.15) is 39.6 Å². The summed E-state index contributed by atoms with van der Waals surface area (Å²) in [5, 5.41) is 9.42. The predicted octanol–water partition coefficient (Wildman–Crippen LogP) is 5.29. The van der Waals surface area contributed by atoms with Gasteiger partial charge in [0, 0.05) is 29.0 Å². The number of sulfonamides is 1. The lowest BCUT2D eigenvalue weighted by atomic mass is 10.1. The molecule has 2 N–H and O–H groups in total. The lowest BCUT2D eigenvalue weighted by Crippen LogP contribution is -2.17. The van der Waals surface area contributed by atoms with Crippen molar-refractivity contribution in [2.45, 2.75) is 30.6 Å². The first-order chi connectivity index (χ1) is 15.8. The molecule has 0 unspecified atom stereocenters. The van der Waals surface area contributed by atoms with Crippen molar-refractivity contribution in [2.75, 3.05) is 4.72 Å². The quantitative estimate of drug-likeness (QED) is 0.375. The summed E-state index contributed by atoms with van der Waals surface area (Å²) in [4.78, 5) is 12.6. The molecule has 0 bridgehead atoms. The molecule has 7 nitrogen and oxygen atoms in total.